The van der Waals surface area contributed by atoms with Gasteiger partial charge >= 0.3 is 0 Å². The van der Waals surface area contributed by atoms with Gasteiger partial charge in [0.05, 0.1) is 6.54 Å². The van der Waals surface area contributed by atoms with Crippen LogP contribution < -0.4 is 16.4 Å². The van der Waals surface area contributed by atoms with E-state index in [1.165, 1.54) is 0 Å². The highest BCUT2D eigenvalue weighted by molar-refractivity contribution is 5.96. The van der Waals surface area contributed by atoms with Crippen molar-refractivity contribution >= 4 is 17.5 Å². The molecule has 0 aliphatic heterocycles. The van der Waals surface area contributed by atoms with Gasteiger partial charge in [0.2, 0.25) is 5.91 Å². The van der Waals surface area contributed by atoms with Crippen molar-refractivity contribution in [3.05, 3.63) is 54.4 Å². The van der Waals surface area contributed by atoms with Gasteiger partial charge in [-0.15, -0.1) is 0 Å². The summed E-state index contributed by atoms with van der Waals surface area (Å²) in [7, 11) is 0. The lowest BCUT2D eigenvalue weighted by molar-refractivity contribution is -0.120. The number of aromatic nitrogens is 1. The molecule has 1 heterocycles. The van der Waals surface area contributed by atoms with Crippen molar-refractivity contribution < 1.29 is 9.59 Å². The summed E-state index contributed by atoms with van der Waals surface area (Å²) in [4.78, 5) is 23.4. The lowest BCUT2D eigenvalue weighted by atomic mass is 10.2. The van der Waals surface area contributed by atoms with Gasteiger partial charge in [0.1, 0.15) is 0 Å². The van der Waals surface area contributed by atoms with E-state index < -0.39 is 0 Å². The molecule has 1 aromatic carbocycles. The van der Waals surface area contributed by atoms with Gasteiger partial charge < -0.3 is 20.9 Å². The summed E-state index contributed by atoms with van der Waals surface area (Å²) in [6.07, 6.45) is 3.85. The lowest BCUT2D eigenvalue weighted by Crippen LogP contribution is -2.38. The summed E-state index contributed by atoms with van der Waals surface area (Å²) in [5.74, 6) is -0.512. The average Bonchev–Trinajstić information content (AvgIpc) is 2.99. The van der Waals surface area contributed by atoms with Gasteiger partial charge in [-0.05, 0) is 36.4 Å². The van der Waals surface area contributed by atoms with E-state index in [1.54, 1.807) is 24.3 Å². The van der Waals surface area contributed by atoms with Crippen LogP contribution in [0.5, 0.6) is 0 Å². The summed E-state index contributed by atoms with van der Waals surface area (Å²) in [6.45, 7) is 1.17. The Bertz CT molecular complexity index is 591. The Kier molecular flexibility index (Phi) is 4.98. The molecule has 0 unspecified atom stereocenters. The second-order valence-corrected chi connectivity index (χ2v) is 4.58. The zero-order chi connectivity index (χ0) is 15.1. The van der Waals surface area contributed by atoms with Gasteiger partial charge in [-0.1, -0.05) is 0 Å². The number of nitrogens with two attached hydrogens (primary N) is 1. The van der Waals surface area contributed by atoms with Crippen LogP contribution in [-0.4, -0.2) is 29.5 Å². The van der Waals surface area contributed by atoms with Crippen LogP contribution in [0.15, 0.2) is 48.8 Å². The van der Waals surface area contributed by atoms with E-state index in [4.69, 9.17) is 5.73 Å². The molecule has 0 saturated heterocycles. The Morgan fingerprint density at radius 3 is 2.38 bits per heavy atom. The minimum atomic E-state index is -0.296. The van der Waals surface area contributed by atoms with Crippen LogP contribution in [0.4, 0.5) is 5.69 Å². The molecule has 0 spiro atoms. The normalized spacial score (nSPS) is 10.1. The maximum atomic E-state index is 11.8. The van der Waals surface area contributed by atoms with Crippen LogP contribution in [0.25, 0.3) is 0 Å². The number of benzene rings is 1. The molecule has 4 N–H and O–H groups in total. The first-order chi connectivity index (χ1) is 10.1. The lowest BCUT2D eigenvalue weighted by Gasteiger charge is -2.08. The average molecular weight is 286 g/mol. The SMILES string of the molecule is Nc1ccc(C(=O)NCC(=O)NCCn2cccc2)cc1. The number of anilines is 1. The van der Waals surface area contributed by atoms with Crippen LogP contribution >= 0.6 is 0 Å². The number of carbonyl (C=O) groups is 2. The Morgan fingerprint density at radius 2 is 1.71 bits per heavy atom. The highest BCUT2D eigenvalue weighted by atomic mass is 16.2. The number of hydrogen-bond donors (Lipinski definition) is 3. The van der Waals surface area contributed by atoms with Crippen molar-refractivity contribution in [3.63, 3.8) is 0 Å². The van der Waals surface area contributed by atoms with Crippen LogP contribution in [0, 0.1) is 0 Å². The van der Waals surface area contributed by atoms with Crippen molar-refractivity contribution in [1.29, 1.82) is 0 Å². The monoisotopic (exact) mass is 286 g/mol. The molecular weight excluding hydrogens is 268 g/mol. The summed E-state index contributed by atoms with van der Waals surface area (Å²) in [6, 6.07) is 10.4. The molecule has 0 fully saturated rings. The number of amides is 2. The summed E-state index contributed by atoms with van der Waals surface area (Å²) in [5.41, 5.74) is 6.61. The molecule has 21 heavy (non-hydrogen) atoms. The van der Waals surface area contributed by atoms with Crippen LogP contribution in [0.2, 0.25) is 0 Å². The smallest absolute Gasteiger partial charge is 0.251 e. The minimum Gasteiger partial charge on any atom is -0.399 e. The summed E-state index contributed by atoms with van der Waals surface area (Å²) in [5, 5.41) is 5.31. The number of nitrogens with one attached hydrogen (secondary N) is 2. The fraction of sp³-hybridized carbons (Fsp3) is 0.200. The van der Waals surface area contributed by atoms with Crippen molar-refractivity contribution in [3.8, 4) is 0 Å². The molecule has 110 valence electrons. The highest BCUT2D eigenvalue weighted by Gasteiger charge is 2.07. The van der Waals surface area contributed by atoms with E-state index in [0.29, 0.717) is 24.3 Å². The molecule has 1 aromatic heterocycles. The second kappa shape index (κ2) is 7.14. The minimum absolute atomic E-state index is 0.0467. The highest BCUT2D eigenvalue weighted by Crippen LogP contribution is 2.04. The van der Waals surface area contributed by atoms with E-state index in [-0.39, 0.29) is 18.4 Å². The van der Waals surface area contributed by atoms with Crippen LogP contribution in [0.3, 0.4) is 0 Å². The van der Waals surface area contributed by atoms with E-state index in [2.05, 4.69) is 10.6 Å². The molecule has 0 aliphatic carbocycles. The third kappa shape index (κ3) is 4.68. The molecular formula is C15H18N4O2. The Morgan fingerprint density at radius 1 is 1.05 bits per heavy atom. The molecule has 0 aliphatic rings. The number of nitrogens with zero attached hydrogens (tertiary/aromatic N) is 1. The van der Waals surface area contributed by atoms with E-state index in [1.807, 2.05) is 29.1 Å². The number of carbonyl (C=O) groups excluding carboxylic acids is 2. The van der Waals surface area contributed by atoms with Crippen molar-refractivity contribution in [2.24, 2.45) is 0 Å². The Hall–Kier alpha value is -2.76. The van der Waals surface area contributed by atoms with Crippen LogP contribution in [0.1, 0.15) is 10.4 Å². The molecule has 0 bridgehead atoms. The topological polar surface area (TPSA) is 89.2 Å². The fourth-order valence-electron chi connectivity index (χ4n) is 1.80. The van der Waals surface area contributed by atoms with Crippen molar-refractivity contribution in [2.75, 3.05) is 18.8 Å². The number of hydrogen-bond acceptors (Lipinski definition) is 3. The maximum absolute atomic E-state index is 11.8. The predicted octanol–water partition coefficient (Wildman–Crippen LogP) is 0.617. The van der Waals surface area contributed by atoms with Gasteiger partial charge in [-0.25, -0.2) is 0 Å². The number of rotatable bonds is 6. The maximum Gasteiger partial charge on any atom is 0.251 e. The van der Waals surface area contributed by atoms with Crippen LogP contribution in [-0.2, 0) is 11.3 Å². The van der Waals surface area contributed by atoms with Gasteiger partial charge in [0.15, 0.2) is 0 Å². The molecule has 2 rings (SSSR count). The second-order valence-electron chi connectivity index (χ2n) is 4.58. The van der Waals surface area contributed by atoms with Gasteiger partial charge in [-0.3, -0.25) is 9.59 Å². The molecule has 0 saturated carbocycles. The van der Waals surface area contributed by atoms with Gasteiger partial charge in [-0.2, -0.15) is 0 Å². The molecule has 6 nitrogen and oxygen atoms in total. The molecule has 0 radical (unpaired) electrons. The van der Waals surface area contributed by atoms with Crippen molar-refractivity contribution in [2.45, 2.75) is 6.54 Å². The first-order valence-corrected chi connectivity index (χ1v) is 6.66. The molecule has 6 heteroatoms. The van der Waals surface area contributed by atoms with E-state index in [9.17, 15) is 9.59 Å². The largest absolute Gasteiger partial charge is 0.399 e. The third-order valence-corrected chi connectivity index (χ3v) is 2.94. The predicted molar refractivity (Wildman–Crippen MR) is 80.6 cm³/mol. The first-order valence-electron chi connectivity index (χ1n) is 6.66. The van der Waals surface area contributed by atoms with E-state index >= 15 is 0 Å². The summed E-state index contributed by atoms with van der Waals surface area (Å²) < 4.78 is 1.97. The molecule has 2 amide bonds. The molecule has 2 aromatic rings. The Balaban J connectivity index is 1.68. The van der Waals surface area contributed by atoms with E-state index in [0.717, 1.165) is 0 Å². The van der Waals surface area contributed by atoms with Gasteiger partial charge in [0, 0.05) is 36.7 Å². The molecule has 0 atom stereocenters. The van der Waals surface area contributed by atoms with Crippen molar-refractivity contribution in [1.82, 2.24) is 15.2 Å². The quantitative estimate of drug-likeness (QED) is 0.680. The zero-order valence-electron chi connectivity index (χ0n) is 11.6. The standard InChI is InChI=1S/C15H18N4O2/c16-13-5-3-12(4-6-13)15(21)18-11-14(20)17-7-10-19-8-1-2-9-19/h1-6,8-9H,7,10-11,16H2,(H,17,20)(H,18,21). The zero-order valence-corrected chi connectivity index (χ0v) is 11.6. The summed E-state index contributed by atoms with van der Waals surface area (Å²) >= 11 is 0. The Labute approximate surface area is 122 Å². The van der Waals surface area contributed by atoms with Gasteiger partial charge in [0.25, 0.3) is 5.91 Å². The number of nitrogen functional groups attached to an aromatic ring is 1. The fourth-order valence-corrected chi connectivity index (χ4v) is 1.80. The first kappa shape index (κ1) is 14.6. The third-order valence-electron chi connectivity index (χ3n) is 2.94.